The molecule has 0 radical (unpaired) electrons. The maximum absolute atomic E-state index is 10.0. The molecule has 1 aliphatic heterocycles. The molecule has 2 heterocycles. The third-order valence-electron chi connectivity index (χ3n) is 2.93. The fraction of sp³-hybridized carbons (Fsp3) is 0.700. The van der Waals surface area contributed by atoms with Crippen LogP contribution in [0.25, 0.3) is 0 Å². The van der Waals surface area contributed by atoms with Crippen molar-refractivity contribution in [1.82, 2.24) is 9.88 Å². The van der Waals surface area contributed by atoms with E-state index < -0.39 is 5.60 Å². The van der Waals surface area contributed by atoms with Crippen molar-refractivity contribution in [3.8, 4) is 0 Å². The Morgan fingerprint density at radius 1 is 1.64 bits per heavy atom. The molecule has 1 fully saturated rings. The van der Waals surface area contributed by atoms with Crippen LogP contribution >= 0.6 is 11.3 Å². The van der Waals surface area contributed by atoms with E-state index in [4.69, 9.17) is 0 Å². The molecule has 3 nitrogen and oxygen atoms in total. The first-order chi connectivity index (χ1) is 6.60. The van der Waals surface area contributed by atoms with E-state index in [0.29, 0.717) is 5.92 Å². The molecule has 0 bridgehead atoms. The van der Waals surface area contributed by atoms with E-state index >= 15 is 0 Å². The predicted octanol–water partition coefficient (Wildman–Crippen LogP) is 1.35. The van der Waals surface area contributed by atoms with Gasteiger partial charge in [0.15, 0.2) is 0 Å². The van der Waals surface area contributed by atoms with Gasteiger partial charge in [-0.3, -0.25) is 9.88 Å². The van der Waals surface area contributed by atoms with Crippen LogP contribution in [0.3, 0.4) is 0 Å². The van der Waals surface area contributed by atoms with Crippen LogP contribution in [0.2, 0.25) is 0 Å². The molecular weight excluding hydrogens is 196 g/mol. The summed E-state index contributed by atoms with van der Waals surface area (Å²) in [5, 5.41) is 10.0. The second kappa shape index (κ2) is 3.61. The number of aliphatic hydroxyl groups is 1. The second-order valence-corrected chi connectivity index (χ2v) is 5.34. The van der Waals surface area contributed by atoms with Gasteiger partial charge in [-0.1, -0.05) is 13.8 Å². The molecule has 4 heteroatoms. The second-order valence-electron chi connectivity index (χ2n) is 4.37. The molecule has 1 aromatic rings. The van der Waals surface area contributed by atoms with Crippen molar-refractivity contribution in [2.75, 3.05) is 13.1 Å². The van der Waals surface area contributed by atoms with Crippen molar-refractivity contribution in [3.05, 3.63) is 16.6 Å². The van der Waals surface area contributed by atoms with Crippen molar-refractivity contribution in [1.29, 1.82) is 0 Å². The number of aromatic nitrogens is 1. The first-order valence-electron chi connectivity index (χ1n) is 4.92. The molecule has 1 saturated heterocycles. The Balaban J connectivity index is 1.84. The van der Waals surface area contributed by atoms with Crippen molar-refractivity contribution in [2.45, 2.75) is 26.0 Å². The molecule has 78 valence electrons. The maximum atomic E-state index is 10.0. The number of nitrogens with zero attached hydrogens (tertiary/aromatic N) is 2. The van der Waals surface area contributed by atoms with Gasteiger partial charge in [0.2, 0.25) is 0 Å². The molecule has 1 aromatic heterocycles. The summed E-state index contributed by atoms with van der Waals surface area (Å²) in [5.74, 6) is 0.347. The minimum absolute atomic E-state index is 0.347. The van der Waals surface area contributed by atoms with E-state index in [1.807, 2.05) is 11.7 Å². The summed E-state index contributed by atoms with van der Waals surface area (Å²) in [5.41, 5.74) is 1.40. The van der Waals surface area contributed by atoms with Gasteiger partial charge in [-0.15, -0.1) is 11.3 Å². The average molecular weight is 212 g/mol. The normalized spacial score (nSPS) is 21.1. The van der Waals surface area contributed by atoms with Crippen LogP contribution in [-0.4, -0.2) is 33.7 Å². The van der Waals surface area contributed by atoms with Crippen LogP contribution in [0.4, 0.5) is 0 Å². The Hall–Kier alpha value is -0.450. The fourth-order valence-corrected chi connectivity index (χ4v) is 2.38. The quantitative estimate of drug-likeness (QED) is 0.821. The first kappa shape index (κ1) is 10.1. The molecular formula is C10H16N2OS. The molecule has 0 amide bonds. The minimum atomic E-state index is -0.454. The molecule has 1 N–H and O–H groups in total. The summed E-state index contributed by atoms with van der Waals surface area (Å²) in [6.07, 6.45) is 1.90. The van der Waals surface area contributed by atoms with E-state index in [1.165, 1.54) is 4.88 Å². The Kier molecular flexibility index (Phi) is 2.60. The van der Waals surface area contributed by atoms with E-state index in [0.717, 1.165) is 19.6 Å². The number of hydrogen-bond donors (Lipinski definition) is 1. The monoisotopic (exact) mass is 212 g/mol. The summed E-state index contributed by atoms with van der Waals surface area (Å²) in [6.45, 7) is 6.67. The van der Waals surface area contributed by atoms with Gasteiger partial charge in [0.25, 0.3) is 0 Å². The zero-order chi connectivity index (χ0) is 10.2. The Morgan fingerprint density at radius 3 is 2.86 bits per heavy atom. The maximum Gasteiger partial charge on any atom is 0.0923 e. The first-order valence-corrected chi connectivity index (χ1v) is 5.80. The highest BCUT2D eigenvalue weighted by molar-refractivity contribution is 7.09. The van der Waals surface area contributed by atoms with Gasteiger partial charge in [0, 0.05) is 30.7 Å². The van der Waals surface area contributed by atoms with Gasteiger partial charge in [0.05, 0.1) is 11.1 Å². The van der Waals surface area contributed by atoms with E-state index in [-0.39, 0.29) is 0 Å². The summed E-state index contributed by atoms with van der Waals surface area (Å²) in [7, 11) is 0. The summed E-state index contributed by atoms with van der Waals surface area (Å²) in [4.78, 5) is 7.57. The summed E-state index contributed by atoms with van der Waals surface area (Å²) in [6, 6.07) is 0. The minimum Gasteiger partial charge on any atom is -0.387 e. The summed E-state index contributed by atoms with van der Waals surface area (Å²) < 4.78 is 0. The SMILES string of the molecule is CC(C)C1(O)CN(Cc2cncs2)C1. The molecule has 2 rings (SSSR count). The van der Waals surface area contributed by atoms with Gasteiger partial charge in [-0.2, -0.15) is 0 Å². The van der Waals surface area contributed by atoms with E-state index in [2.05, 4.69) is 23.7 Å². The third-order valence-corrected chi connectivity index (χ3v) is 3.70. The Labute approximate surface area is 88.4 Å². The standard InChI is InChI=1S/C10H16N2OS/c1-8(2)10(13)5-12(6-10)4-9-3-11-7-14-9/h3,7-8,13H,4-6H2,1-2H3. The number of rotatable bonds is 3. The lowest BCUT2D eigenvalue weighted by molar-refractivity contribution is -0.130. The molecule has 0 atom stereocenters. The lowest BCUT2D eigenvalue weighted by atomic mass is 9.83. The zero-order valence-corrected chi connectivity index (χ0v) is 9.42. The van der Waals surface area contributed by atoms with Crippen LogP contribution in [0.5, 0.6) is 0 Å². The van der Waals surface area contributed by atoms with Crippen molar-refractivity contribution in [3.63, 3.8) is 0 Å². The van der Waals surface area contributed by atoms with Crippen LogP contribution in [-0.2, 0) is 6.54 Å². The highest BCUT2D eigenvalue weighted by Gasteiger charge is 2.43. The molecule has 0 aromatic carbocycles. The number of likely N-dealkylation sites (tertiary alicyclic amines) is 1. The molecule has 0 aliphatic carbocycles. The topological polar surface area (TPSA) is 36.4 Å². The Morgan fingerprint density at radius 2 is 2.36 bits per heavy atom. The molecule has 0 unspecified atom stereocenters. The molecule has 0 spiro atoms. The largest absolute Gasteiger partial charge is 0.387 e. The number of hydrogen-bond acceptors (Lipinski definition) is 4. The lowest BCUT2D eigenvalue weighted by Crippen LogP contribution is -2.63. The van der Waals surface area contributed by atoms with Gasteiger partial charge < -0.3 is 5.11 Å². The number of thiazole rings is 1. The van der Waals surface area contributed by atoms with Crippen LogP contribution in [0.1, 0.15) is 18.7 Å². The average Bonchev–Trinajstić information content (AvgIpc) is 2.53. The van der Waals surface area contributed by atoms with Crippen molar-refractivity contribution < 1.29 is 5.11 Å². The number of β-amino-alcohol motifs (C(OH)–C–C–N with tert-alkyl or cyclic N) is 1. The van der Waals surface area contributed by atoms with Crippen LogP contribution in [0.15, 0.2) is 11.7 Å². The van der Waals surface area contributed by atoms with E-state index in [9.17, 15) is 5.11 Å². The molecule has 1 aliphatic rings. The highest BCUT2D eigenvalue weighted by Crippen LogP contribution is 2.29. The fourth-order valence-electron chi connectivity index (χ4n) is 1.75. The summed E-state index contributed by atoms with van der Waals surface area (Å²) >= 11 is 1.67. The zero-order valence-electron chi connectivity index (χ0n) is 8.60. The van der Waals surface area contributed by atoms with E-state index in [1.54, 1.807) is 11.3 Å². The third kappa shape index (κ3) is 1.82. The Bertz CT molecular complexity index is 291. The van der Waals surface area contributed by atoms with Crippen LogP contribution < -0.4 is 0 Å². The van der Waals surface area contributed by atoms with Crippen molar-refractivity contribution >= 4 is 11.3 Å². The van der Waals surface area contributed by atoms with Gasteiger partial charge >= 0.3 is 0 Å². The molecule has 0 saturated carbocycles. The van der Waals surface area contributed by atoms with Gasteiger partial charge in [-0.25, -0.2) is 0 Å². The lowest BCUT2D eigenvalue weighted by Gasteiger charge is -2.49. The predicted molar refractivity (Wildman–Crippen MR) is 57.2 cm³/mol. The smallest absolute Gasteiger partial charge is 0.0923 e. The van der Waals surface area contributed by atoms with Gasteiger partial charge in [0.1, 0.15) is 0 Å². The van der Waals surface area contributed by atoms with Gasteiger partial charge in [-0.05, 0) is 5.92 Å². The van der Waals surface area contributed by atoms with Crippen LogP contribution in [0, 0.1) is 5.92 Å². The highest BCUT2D eigenvalue weighted by atomic mass is 32.1. The molecule has 14 heavy (non-hydrogen) atoms. The van der Waals surface area contributed by atoms with Crippen molar-refractivity contribution in [2.24, 2.45) is 5.92 Å².